The Morgan fingerprint density at radius 3 is 2.48 bits per heavy atom. The van der Waals surface area contributed by atoms with Gasteiger partial charge in [0.05, 0.1) is 10.6 Å². The van der Waals surface area contributed by atoms with E-state index in [2.05, 4.69) is 0 Å². The molecule has 0 saturated heterocycles. The van der Waals surface area contributed by atoms with E-state index in [4.69, 9.17) is 17.3 Å². The van der Waals surface area contributed by atoms with Crippen LogP contribution in [0.25, 0.3) is 0 Å². The van der Waals surface area contributed by atoms with Gasteiger partial charge in [0.2, 0.25) is 0 Å². The zero-order valence-electron chi connectivity index (χ0n) is 11.6. The van der Waals surface area contributed by atoms with Crippen LogP contribution >= 0.6 is 11.6 Å². The molecule has 2 N–H and O–H groups in total. The van der Waals surface area contributed by atoms with Crippen molar-refractivity contribution in [2.24, 2.45) is 0 Å². The van der Waals surface area contributed by atoms with Crippen molar-refractivity contribution >= 4 is 23.2 Å². The fourth-order valence-corrected chi connectivity index (χ4v) is 2.25. The number of carbonyl (C=O) groups excluding carboxylic acids is 1. The Balaban J connectivity index is 2.20. The number of nitrogens with zero attached hydrogens (tertiary/aromatic N) is 1. The first-order valence-electron chi connectivity index (χ1n) is 6.60. The Hall–Kier alpha value is -2.07. The van der Waals surface area contributed by atoms with E-state index in [1.807, 2.05) is 19.1 Å². The zero-order valence-corrected chi connectivity index (χ0v) is 12.4. The predicted octanol–water partition coefficient (Wildman–Crippen LogP) is 3.72. The zero-order chi connectivity index (χ0) is 15.4. The highest BCUT2D eigenvalue weighted by Gasteiger charge is 2.17. The lowest BCUT2D eigenvalue weighted by Gasteiger charge is -2.21. The summed E-state index contributed by atoms with van der Waals surface area (Å²) in [5.74, 6) is -0.683. The lowest BCUT2D eigenvalue weighted by Crippen LogP contribution is -2.30. The van der Waals surface area contributed by atoms with Gasteiger partial charge >= 0.3 is 0 Å². The van der Waals surface area contributed by atoms with E-state index in [1.54, 1.807) is 17.0 Å². The van der Waals surface area contributed by atoms with Gasteiger partial charge in [-0.1, -0.05) is 23.7 Å². The molecule has 0 aliphatic carbocycles. The Morgan fingerprint density at radius 1 is 1.24 bits per heavy atom. The summed E-state index contributed by atoms with van der Waals surface area (Å²) in [6.45, 7) is 2.85. The average molecular weight is 307 g/mol. The second-order valence-electron chi connectivity index (χ2n) is 4.69. The van der Waals surface area contributed by atoms with Crippen molar-refractivity contribution in [3.63, 3.8) is 0 Å². The van der Waals surface area contributed by atoms with Gasteiger partial charge in [-0.15, -0.1) is 0 Å². The Bertz CT molecular complexity index is 643. The van der Waals surface area contributed by atoms with Gasteiger partial charge in [0.1, 0.15) is 5.82 Å². The van der Waals surface area contributed by atoms with Crippen molar-refractivity contribution in [2.75, 3.05) is 12.3 Å². The minimum Gasteiger partial charge on any atom is -0.399 e. The lowest BCUT2D eigenvalue weighted by molar-refractivity contribution is 0.0752. The molecule has 1 amide bonds. The van der Waals surface area contributed by atoms with Crippen LogP contribution in [0.15, 0.2) is 42.5 Å². The normalized spacial score (nSPS) is 10.4. The van der Waals surface area contributed by atoms with Crippen LogP contribution in [-0.2, 0) is 6.54 Å². The predicted molar refractivity (Wildman–Crippen MR) is 82.7 cm³/mol. The number of benzene rings is 2. The fraction of sp³-hybridized carbons (Fsp3) is 0.188. The molecule has 2 aromatic carbocycles. The van der Waals surface area contributed by atoms with E-state index in [-0.39, 0.29) is 10.9 Å². The van der Waals surface area contributed by atoms with Gasteiger partial charge in [-0.2, -0.15) is 0 Å². The van der Waals surface area contributed by atoms with Crippen molar-refractivity contribution in [1.29, 1.82) is 0 Å². The van der Waals surface area contributed by atoms with Crippen LogP contribution in [0.4, 0.5) is 10.1 Å². The number of carbonyl (C=O) groups is 1. The highest BCUT2D eigenvalue weighted by molar-refractivity contribution is 6.33. The Morgan fingerprint density at radius 2 is 1.90 bits per heavy atom. The van der Waals surface area contributed by atoms with Gasteiger partial charge in [0.25, 0.3) is 5.91 Å². The summed E-state index contributed by atoms with van der Waals surface area (Å²) in [5, 5.41) is 0.121. The largest absolute Gasteiger partial charge is 0.399 e. The van der Waals surface area contributed by atoms with Gasteiger partial charge in [-0.05, 0) is 42.8 Å². The Kier molecular flexibility index (Phi) is 4.81. The first kappa shape index (κ1) is 15.3. The highest BCUT2D eigenvalue weighted by atomic mass is 35.5. The molecule has 0 spiro atoms. The van der Waals surface area contributed by atoms with E-state index < -0.39 is 5.82 Å². The monoisotopic (exact) mass is 306 g/mol. The molecule has 2 rings (SSSR count). The van der Waals surface area contributed by atoms with E-state index >= 15 is 0 Å². The summed E-state index contributed by atoms with van der Waals surface area (Å²) >= 11 is 5.95. The SMILES string of the molecule is CCN(Cc1ccc(N)cc1)C(=O)c1ccc(F)cc1Cl. The van der Waals surface area contributed by atoms with Gasteiger partial charge in [-0.25, -0.2) is 4.39 Å². The van der Waals surface area contributed by atoms with Crippen LogP contribution in [0.2, 0.25) is 5.02 Å². The third-order valence-electron chi connectivity index (χ3n) is 3.18. The summed E-state index contributed by atoms with van der Waals surface area (Å²) in [5.41, 5.74) is 7.59. The molecule has 21 heavy (non-hydrogen) atoms. The number of nitrogens with two attached hydrogens (primary N) is 1. The third kappa shape index (κ3) is 3.73. The van der Waals surface area contributed by atoms with Gasteiger partial charge < -0.3 is 10.6 Å². The quantitative estimate of drug-likeness (QED) is 0.875. The second-order valence-corrected chi connectivity index (χ2v) is 5.09. The molecule has 0 aromatic heterocycles. The summed E-state index contributed by atoms with van der Waals surface area (Å²) < 4.78 is 13.1. The van der Waals surface area contributed by atoms with Crippen molar-refractivity contribution in [3.8, 4) is 0 Å². The van der Waals surface area contributed by atoms with Crippen LogP contribution in [0, 0.1) is 5.82 Å². The van der Waals surface area contributed by atoms with Crippen LogP contribution < -0.4 is 5.73 Å². The summed E-state index contributed by atoms with van der Waals surface area (Å²) in [6.07, 6.45) is 0. The van der Waals surface area contributed by atoms with Crippen LogP contribution in [0.1, 0.15) is 22.8 Å². The third-order valence-corrected chi connectivity index (χ3v) is 3.50. The van der Waals surface area contributed by atoms with Crippen LogP contribution in [0.5, 0.6) is 0 Å². The molecular formula is C16H16ClFN2O. The lowest BCUT2D eigenvalue weighted by atomic mass is 10.1. The molecule has 0 radical (unpaired) electrons. The number of halogens is 2. The number of hydrogen-bond acceptors (Lipinski definition) is 2. The maximum absolute atomic E-state index is 13.1. The number of nitrogen functional groups attached to an aromatic ring is 1. The summed E-state index contributed by atoms with van der Waals surface area (Å²) in [6, 6.07) is 11.1. The first-order chi connectivity index (χ1) is 10.0. The van der Waals surface area contributed by atoms with Gasteiger partial charge in [0, 0.05) is 18.8 Å². The molecule has 0 heterocycles. The number of amides is 1. The first-order valence-corrected chi connectivity index (χ1v) is 6.97. The molecular weight excluding hydrogens is 291 g/mol. The van der Waals surface area contributed by atoms with E-state index in [0.717, 1.165) is 11.6 Å². The molecule has 0 saturated carbocycles. The van der Waals surface area contributed by atoms with Gasteiger partial charge in [0.15, 0.2) is 0 Å². The molecule has 110 valence electrons. The molecule has 0 aliphatic rings. The van der Waals surface area contributed by atoms with Crippen molar-refractivity contribution in [1.82, 2.24) is 4.90 Å². The number of hydrogen-bond donors (Lipinski definition) is 1. The van der Waals surface area contributed by atoms with Gasteiger partial charge in [-0.3, -0.25) is 4.79 Å². The van der Waals surface area contributed by atoms with Crippen molar-refractivity contribution < 1.29 is 9.18 Å². The molecule has 0 fully saturated rings. The van der Waals surface area contributed by atoms with Crippen LogP contribution in [-0.4, -0.2) is 17.4 Å². The second kappa shape index (κ2) is 6.59. The molecule has 0 aliphatic heterocycles. The average Bonchev–Trinajstić information content (AvgIpc) is 2.46. The maximum atomic E-state index is 13.1. The minimum atomic E-state index is -0.460. The summed E-state index contributed by atoms with van der Waals surface area (Å²) in [4.78, 5) is 14.1. The van der Waals surface area contributed by atoms with Crippen molar-refractivity contribution in [3.05, 3.63) is 64.4 Å². The highest BCUT2D eigenvalue weighted by Crippen LogP contribution is 2.20. The fourth-order valence-electron chi connectivity index (χ4n) is 2.00. The molecule has 5 heteroatoms. The van der Waals surface area contributed by atoms with Crippen LogP contribution in [0.3, 0.4) is 0 Å². The standard InChI is InChI=1S/C16H16ClFN2O/c1-2-20(10-11-3-6-13(19)7-4-11)16(21)14-8-5-12(18)9-15(14)17/h3-9H,2,10,19H2,1H3. The molecule has 2 aromatic rings. The minimum absolute atomic E-state index is 0.121. The Labute approximate surface area is 128 Å². The molecule has 0 unspecified atom stereocenters. The van der Waals surface area contributed by atoms with Crippen molar-refractivity contribution in [2.45, 2.75) is 13.5 Å². The van der Waals surface area contributed by atoms with E-state index in [9.17, 15) is 9.18 Å². The number of rotatable bonds is 4. The molecule has 3 nitrogen and oxygen atoms in total. The smallest absolute Gasteiger partial charge is 0.255 e. The van der Waals surface area contributed by atoms with E-state index in [0.29, 0.717) is 24.3 Å². The molecule has 0 bridgehead atoms. The van der Waals surface area contributed by atoms with E-state index in [1.165, 1.54) is 12.1 Å². The topological polar surface area (TPSA) is 46.3 Å². The molecule has 0 atom stereocenters. The number of anilines is 1. The summed E-state index contributed by atoms with van der Waals surface area (Å²) in [7, 11) is 0. The maximum Gasteiger partial charge on any atom is 0.255 e.